The van der Waals surface area contributed by atoms with Crippen LogP contribution in [0.25, 0.3) is 0 Å². The second-order valence-electron chi connectivity index (χ2n) is 8.07. The molecule has 0 heterocycles. The third-order valence-electron chi connectivity index (χ3n) is 4.82. The summed E-state index contributed by atoms with van der Waals surface area (Å²) in [5.41, 5.74) is 4.26. The van der Waals surface area contributed by atoms with E-state index in [0.29, 0.717) is 17.9 Å². The van der Waals surface area contributed by atoms with Crippen molar-refractivity contribution < 1.29 is 38.0 Å². The molecule has 0 radical (unpaired) electrons. The van der Waals surface area contributed by atoms with E-state index < -0.39 is 12.3 Å². The Bertz CT molecular complexity index is 808. The lowest BCUT2D eigenvalue weighted by atomic mass is 10.0. The molecular formula is C27H40O8. The number of hydrogen-bond acceptors (Lipinski definition) is 8. The van der Waals surface area contributed by atoms with Crippen molar-refractivity contribution >= 4 is 12.3 Å². The summed E-state index contributed by atoms with van der Waals surface area (Å²) in [7, 11) is 0. The molecule has 1 rings (SSSR count). The number of allylic oxidation sites excluding steroid dienone is 4. The lowest BCUT2D eigenvalue weighted by Crippen LogP contribution is -2.14. The van der Waals surface area contributed by atoms with Crippen LogP contribution in [0.1, 0.15) is 71.9 Å². The van der Waals surface area contributed by atoms with Crippen molar-refractivity contribution in [1.82, 2.24) is 0 Å². The first-order chi connectivity index (χ1) is 16.8. The molecule has 8 nitrogen and oxygen atoms in total. The van der Waals surface area contributed by atoms with Gasteiger partial charge in [-0.1, -0.05) is 36.6 Å². The fourth-order valence-electron chi connectivity index (χ4n) is 3.13. The van der Waals surface area contributed by atoms with E-state index in [4.69, 9.17) is 28.4 Å². The summed E-state index contributed by atoms with van der Waals surface area (Å²) in [5.74, 6) is 1.06. The van der Waals surface area contributed by atoms with Gasteiger partial charge in [-0.05, 0) is 78.0 Å². The van der Waals surface area contributed by atoms with Crippen molar-refractivity contribution in [2.75, 3.05) is 26.8 Å². The van der Waals surface area contributed by atoms with Crippen LogP contribution in [0, 0.1) is 0 Å². The fourth-order valence-corrected chi connectivity index (χ4v) is 3.13. The molecule has 0 fully saturated rings. The van der Waals surface area contributed by atoms with Crippen LogP contribution < -0.4 is 9.47 Å². The van der Waals surface area contributed by atoms with E-state index >= 15 is 0 Å². The summed E-state index contributed by atoms with van der Waals surface area (Å²) in [6.07, 6.45) is 6.86. The second-order valence-corrected chi connectivity index (χ2v) is 8.07. The summed E-state index contributed by atoms with van der Waals surface area (Å²) in [4.78, 5) is 23.1. The third kappa shape index (κ3) is 12.8. The summed E-state index contributed by atoms with van der Waals surface area (Å²) in [6.45, 7) is 11.5. The maximum atomic E-state index is 11.6. The maximum absolute atomic E-state index is 11.6. The predicted octanol–water partition coefficient (Wildman–Crippen LogP) is 6.89. The van der Waals surface area contributed by atoms with Crippen molar-refractivity contribution in [3.63, 3.8) is 0 Å². The Morgan fingerprint density at radius 3 is 1.80 bits per heavy atom. The van der Waals surface area contributed by atoms with Crippen LogP contribution in [0.5, 0.6) is 11.5 Å². The Labute approximate surface area is 209 Å². The molecule has 35 heavy (non-hydrogen) atoms. The lowest BCUT2D eigenvalue weighted by Gasteiger charge is -2.18. The van der Waals surface area contributed by atoms with Gasteiger partial charge in [0.15, 0.2) is 0 Å². The van der Waals surface area contributed by atoms with Crippen LogP contribution in [0.4, 0.5) is 9.59 Å². The minimum atomic E-state index is -0.798. The normalized spacial score (nSPS) is 10.9. The predicted molar refractivity (Wildman–Crippen MR) is 134 cm³/mol. The number of hydrogen-bond donors (Lipinski definition) is 0. The van der Waals surface area contributed by atoms with E-state index in [-0.39, 0.29) is 26.8 Å². The largest absolute Gasteiger partial charge is 0.511 e. The molecule has 1 aromatic carbocycles. The number of benzene rings is 1. The van der Waals surface area contributed by atoms with Crippen LogP contribution >= 0.6 is 0 Å². The average Bonchev–Trinajstić information content (AvgIpc) is 2.79. The van der Waals surface area contributed by atoms with Gasteiger partial charge in [0.1, 0.15) is 11.5 Å². The highest BCUT2D eigenvalue weighted by atomic mass is 16.8. The van der Waals surface area contributed by atoms with Gasteiger partial charge in [0.25, 0.3) is 0 Å². The molecule has 0 unspecified atom stereocenters. The van der Waals surface area contributed by atoms with Gasteiger partial charge in [-0.3, -0.25) is 0 Å². The lowest BCUT2D eigenvalue weighted by molar-refractivity contribution is 0.00465. The molecular weight excluding hydrogens is 452 g/mol. The van der Waals surface area contributed by atoms with E-state index in [1.54, 1.807) is 13.8 Å². The van der Waals surface area contributed by atoms with Crippen molar-refractivity contribution in [1.29, 1.82) is 0 Å². The van der Waals surface area contributed by atoms with E-state index in [1.165, 1.54) is 11.1 Å². The zero-order valence-electron chi connectivity index (χ0n) is 21.9. The van der Waals surface area contributed by atoms with E-state index in [9.17, 15) is 9.59 Å². The van der Waals surface area contributed by atoms with Gasteiger partial charge in [-0.15, -0.1) is 0 Å². The summed E-state index contributed by atoms with van der Waals surface area (Å²) < 4.78 is 31.2. The third-order valence-corrected chi connectivity index (χ3v) is 4.82. The molecule has 0 bridgehead atoms. The van der Waals surface area contributed by atoms with E-state index in [2.05, 4.69) is 39.8 Å². The quantitative estimate of drug-likeness (QED) is 0.148. The molecule has 0 atom stereocenters. The van der Waals surface area contributed by atoms with Gasteiger partial charge in [0, 0.05) is 5.56 Å². The number of carbonyl (C=O) groups excluding carboxylic acids is 2. The minimum absolute atomic E-state index is 0.214. The molecule has 1 aromatic rings. The van der Waals surface area contributed by atoms with E-state index in [0.717, 1.165) is 36.8 Å². The van der Waals surface area contributed by atoms with Crippen molar-refractivity contribution in [2.24, 2.45) is 0 Å². The smallest absolute Gasteiger partial charge is 0.457 e. The SMILES string of the molecule is CCCc1cc(OCOC(=O)OCC)c(CC=C(C)CCC=C(C)C)c(OCOC(=O)OCC)c1. The Morgan fingerprint density at radius 1 is 0.800 bits per heavy atom. The molecule has 8 heteroatoms. The van der Waals surface area contributed by atoms with Gasteiger partial charge in [-0.25, -0.2) is 9.59 Å². The highest BCUT2D eigenvalue weighted by Crippen LogP contribution is 2.33. The van der Waals surface area contributed by atoms with Crippen LogP contribution in [-0.2, 0) is 31.8 Å². The number of rotatable bonds is 15. The number of aryl methyl sites for hydroxylation is 1. The van der Waals surface area contributed by atoms with Crippen molar-refractivity contribution in [2.45, 2.75) is 73.6 Å². The standard InChI is InChI=1S/C27H40O8/c1-7-11-22-16-24(32-18-34-26(28)30-8-2)23(15-14-21(6)13-10-12-20(4)5)25(17-22)33-19-35-27(29)31-9-3/h12,14,16-17H,7-11,13,15,18-19H2,1-6H3. The molecule has 0 aliphatic heterocycles. The van der Waals surface area contributed by atoms with Crippen LogP contribution in [-0.4, -0.2) is 39.1 Å². The summed E-state index contributed by atoms with van der Waals surface area (Å²) >= 11 is 0. The summed E-state index contributed by atoms with van der Waals surface area (Å²) in [6, 6.07) is 3.83. The summed E-state index contributed by atoms with van der Waals surface area (Å²) in [5, 5.41) is 0. The molecule has 0 amide bonds. The molecule has 0 N–H and O–H groups in total. The molecule has 0 saturated carbocycles. The zero-order chi connectivity index (χ0) is 26.1. The van der Waals surface area contributed by atoms with Crippen LogP contribution in [0.2, 0.25) is 0 Å². The van der Waals surface area contributed by atoms with Crippen LogP contribution in [0.3, 0.4) is 0 Å². The average molecular weight is 493 g/mol. The first kappa shape index (κ1) is 29.9. The van der Waals surface area contributed by atoms with Gasteiger partial charge >= 0.3 is 12.3 Å². The van der Waals surface area contributed by atoms with Crippen LogP contribution in [0.15, 0.2) is 35.4 Å². The Hall–Kier alpha value is -3.16. The Balaban J connectivity index is 3.15. The maximum Gasteiger partial charge on any atom is 0.511 e. The topological polar surface area (TPSA) is 89.5 Å². The Morgan fingerprint density at radius 2 is 1.34 bits per heavy atom. The van der Waals surface area contributed by atoms with Gasteiger partial charge in [0.05, 0.1) is 13.2 Å². The molecule has 0 saturated heterocycles. The zero-order valence-corrected chi connectivity index (χ0v) is 21.9. The van der Waals surface area contributed by atoms with Gasteiger partial charge in [-0.2, -0.15) is 0 Å². The number of carbonyl (C=O) groups is 2. The van der Waals surface area contributed by atoms with Gasteiger partial charge < -0.3 is 28.4 Å². The molecule has 0 spiro atoms. The first-order valence-electron chi connectivity index (χ1n) is 12.1. The molecule has 0 aliphatic rings. The Kier molecular flexibility index (Phi) is 14.8. The molecule has 196 valence electrons. The minimum Gasteiger partial charge on any atom is -0.457 e. The molecule has 0 aliphatic carbocycles. The fraction of sp³-hybridized carbons (Fsp3) is 0.556. The van der Waals surface area contributed by atoms with Crippen molar-refractivity contribution in [3.05, 3.63) is 46.6 Å². The van der Waals surface area contributed by atoms with E-state index in [1.807, 2.05) is 12.1 Å². The first-order valence-corrected chi connectivity index (χ1v) is 12.1. The molecule has 0 aromatic heterocycles. The monoisotopic (exact) mass is 492 g/mol. The second kappa shape index (κ2) is 17.3. The highest BCUT2D eigenvalue weighted by Gasteiger charge is 2.15. The van der Waals surface area contributed by atoms with Crippen molar-refractivity contribution in [3.8, 4) is 11.5 Å². The number of ether oxygens (including phenoxy) is 6. The highest BCUT2D eigenvalue weighted by molar-refractivity contribution is 5.60. The van der Waals surface area contributed by atoms with Gasteiger partial charge in [0.2, 0.25) is 13.6 Å².